The summed E-state index contributed by atoms with van der Waals surface area (Å²) in [5.74, 6) is -3.02. The summed E-state index contributed by atoms with van der Waals surface area (Å²) >= 11 is 0. The Kier molecular flexibility index (Phi) is 3.25. The van der Waals surface area contributed by atoms with Crippen molar-refractivity contribution in [3.05, 3.63) is 24.3 Å². The third-order valence-electron chi connectivity index (χ3n) is 5.18. The molecule has 9 heteroatoms. The van der Waals surface area contributed by atoms with Gasteiger partial charge >= 0.3 is 11.9 Å². The molecule has 3 fully saturated rings. The molecule has 2 bridgehead atoms. The standard InChI is InChI=1S/C15H14O8S/c16-12-8-5-9-11(15(18)23-13(9)12)10(8)14(17)22-6-1-3-7(4-2-6)24(19,20)21/h1-4,8-13,16H,5H2,(H,19,20,21)/p-1. The molecule has 1 saturated heterocycles. The number of hydrogen-bond acceptors (Lipinski definition) is 8. The molecule has 6 atom stereocenters. The predicted octanol–water partition coefficient (Wildman–Crippen LogP) is -0.336. The minimum atomic E-state index is -4.58. The lowest BCUT2D eigenvalue weighted by Crippen LogP contribution is -2.42. The molecule has 3 aliphatic rings. The minimum Gasteiger partial charge on any atom is -0.744 e. The second-order valence-electron chi connectivity index (χ2n) is 6.35. The molecule has 0 amide bonds. The van der Waals surface area contributed by atoms with E-state index in [4.69, 9.17) is 9.47 Å². The molecule has 0 radical (unpaired) electrons. The van der Waals surface area contributed by atoms with Gasteiger partial charge in [0.25, 0.3) is 0 Å². The van der Waals surface area contributed by atoms with Gasteiger partial charge in [0.05, 0.1) is 22.8 Å². The third-order valence-corrected chi connectivity index (χ3v) is 6.03. The first-order valence-electron chi connectivity index (χ1n) is 7.43. The molecule has 1 N–H and O–H groups in total. The zero-order valence-electron chi connectivity index (χ0n) is 12.2. The van der Waals surface area contributed by atoms with E-state index in [1.54, 1.807) is 0 Å². The number of ether oxygens (including phenoxy) is 2. The summed E-state index contributed by atoms with van der Waals surface area (Å²) in [6, 6.07) is 4.48. The van der Waals surface area contributed by atoms with Crippen LogP contribution in [0.15, 0.2) is 29.2 Å². The second kappa shape index (κ2) is 5.01. The van der Waals surface area contributed by atoms with Gasteiger partial charge in [0.2, 0.25) is 0 Å². The predicted molar refractivity (Wildman–Crippen MR) is 74.5 cm³/mol. The zero-order valence-corrected chi connectivity index (χ0v) is 13.0. The average molecular weight is 353 g/mol. The van der Waals surface area contributed by atoms with E-state index >= 15 is 0 Å². The van der Waals surface area contributed by atoms with E-state index in [0.29, 0.717) is 6.42 Å². The van der Waals surface area contributed by atoms with Gasteiger partial charge < -0.3 is 19.1 Å². The van der Waals surface area contributed by atoms with Gasteiger partial charge in [0, 0.05) is 11.8 Å². The summed E-state index contributed by atoms with van der Waals surface area (Å²) in [5.41, 5.74) is 0. The molecule has 2 saturated carbocycles. The quantitative estimate of drug-likeness (QED) is 0.444. The highest BCUT2D eigenvalue weighted by atomic mass is 32.2. The van der Waals surface area contributed by atoms with E-state index in [2.05, 4.69) is 0 Å². The van der Waals surface area contributed by atoms with Crippen molar-refractivity contribution in [2.75, 3.05) is 0 Å². The number of carbonyl (C=O) groups excluding carboxylic acids is 2. The summed E-state index contributed by atoms with van der Waals surface area (Å²) in [6.07, 6.45) is -0.864. The lowest BCUT2D eigenvalue weighted by molar-refractivity contribution is -0.149. The Bertz CT molecular complexity index is 814. The van der Waals surface area contributed by atoms with Crippen LogP contribution in [0.25, 0.3) is 0 Å². The molecule has 8 nitrogen and oxygen atoms in total. The number of rotatable bonds is 3. The molecule has 128 valence electrons. The van der Waals surface area contributed by atoms with Crippen molar-refractivity contribution in [2.24, 2.45) is 23.7 Å². The number of carbonyl (C=O) groups is 2. The Balaban J connectivity index is 1.54. The van der Waals surface area contributed by atoms with E-state index in [1.807, 2.05) is 0 Å². The van der Waals surface area contributed by atoms with Crippen LogP contribution in [0, 0.1) is 23.7 Å². The second-order valence-corrected chi connectivity index (χ2v) is 7.73. The molecule has 4 rings (SSSR count). The first-order chi connectivity index (χ1) is 11.3. The highest BCUT2D eigenvalue weighted by molar-refractivity contribution is 7.85. The molecular formula is C15H13O8S-. The van der Waals surface area contributed by atoms with Crippen LogP contribution in [0.5, 0.6) is 5.75 Å². The van der Waals surface area contributed by atoms with Crippen molar-refractivity contribution in [1.82, 2.24) is 0 Å². The van der Waals surface area contributed by atoms with Crippen molar-refractivity contribution in [2.45, 2.75) is 23.5 Å². The van der Waals surface area contributed by atoms with Crippen LogP contribution >= 0.6 is 0 Å². The van der Waals surface area contributed by atoms with Crippen molar-refractivity contribution in [3.63, 3.8) is 0 Å². The van der Waals surface area contributed by atoms with Gasteiger partial charge in [-0.05, 0) is 30.7 Å². The molecule has 1 heterocycles. The van der Waals surface area contributed by atoms with Gasteiger partial charge in [0.15, 0.2) is 0 Å². The SMILES string of the molecule is O=C(Oc1ccc(S(=O)(=O)[O-])cc1)C1C2CC3C(OC(=O)C31)C2O. The monoisotopic (exact) mass is 353 g/mol. The summed E-state index contributed by atoms with van der Waals surface area (Å²) in [7, 11) is -4.58. The molecule has 6 unspecified atom stereocenters. The van der Waals surface area contributed by atoms with Gasteiger partial charge in [0.1, 0.15) is 22.0 Å². The molecular weight excluding hydrogens is 340 g/mol. The number of aliphatic hydroxyl groups is 1. The maximum absolute atomic E-state index is 12.4. The fraction of sp³-hybridized carbons (Fsp3) is 0.467. The van der Waals surface area contributed by atoms with Crippen molar-refractivity contribution in [1.29, 1.82) is 0 Å². The number of aliphatic hydroxyl groups excluding tert-OH is 1. The normalized spacial score (nSPS) is 36.7. The molecule has 1 aliphatic heterocycles. The Morgan fingerprint density at radius 1 is 1.25 bits per heavy atom. The van der Waals surface area contributed by atoms with Gasteiger partial charge in [-0.1, -0.05) is 0 Å². The number of fused-ring (bicyclic) bond motifs is 1. The molecule has 0 aromatic heterocycles. The zero-order chi connectivity index (χ0) is 17.2. The van der Waals surface area contributed by atoms with Gasteiger partial charge in [-0.3, -0.25) is 9.59 Å². The Morgan fingerprint density at radius 3 is 2.54 bits per heavy atom. The van der Waals surface area contributed by atoms with E-state index in [9.17, 15) is 27.7 Å². The van der Waals surface area contributed by atoms with Crippen LogP contribution in [0.4, 0.5) is 0 Å². The lowest BCUT2D eigenvalue weighted by atomic mass is 9.78. The van der Waals surface area contributed by atoms with E-state index in [1.165, 1.54) is 12.1 Å². The molecule has 1 aromatic rings. The fourth-order valence-electron chi connectivity index (χ4n) is 4.20. The number of benzene rings is 1. The van der Waals surface area contributed by atoms with Gasteiger partial charge in [-0.15, -0.1) is 0 Å². The summed E-state index contributed by atoms with van der Waals surface area (Å²) < 4.78 is 43.0. The van der Waals surface area contributed by atoms with Crippen molar-refractivity contribution < 1.29 is 37.1 Å². The first-order valence-corrected chi connectivity index (χ1v) is 8.84. The Hall–Kier alpha value is -1.97. The van der Waals surface area contributed by atoms with Gasteiger partial charge in [-0.25, -0.2) is 8.42 Å². The van der Waals surface area contributed by atoms with E-state index in [-0.39, 0.29) is 17.6 Å². The summed E-state index contributed by atoms with van der Waals surface area (Å²) in [5, 5.41) is 10.1. The van der Waals surface area contributed by atoms with Crippen molar-refractivity contribution in [3.8, 4) is 5.75 Å². The summed E-state index contributed by atoms with van der Waals surface area (Å²) in [6.45, 7) is 0. The highest BCUT2D eigenvalue weighted by Gasteiger charge is 2.68. The average Bonchev–Trinajstić information content (AvgIpc) is 3.11. The lowest BCUT2D eigenvalue weighted by Gasteiger charge is -2.26. The van der Waals surface area contributed by atoms with Crippen molar-refractivity contribution >= 4 is 22.1 Å². The first kappa shape index (κ1) is 15.6. The highest BCUT2D eigenvalue weighted by Crippen LogP contribution is 2.57. The molecule has 1 aromatic carbocycles. The molecule has 24 heavy (non-hydrogen) atoms. The van der Waals surface area contributed by atoms with E-state index < -0.39 is 51.0 Å². The maximum Gasteiger partial charge on any atom is 0.315 e. The van der Waals surface area contributed by atoms with Crippen LogP contribution in [-0.4, -0.2) is 42.2 Å². The Labute approximate surface area is 137 Å². The number of hydrogen-bond donors (Lipinski definition) is 1. The maximum atomic E-state index is 12.4. The number of esters is 2. The largest absolute Gasteiger partial charge is 0.744 e. The third kappa shape index (κ3) is 2.15. The molecule has 0 spiro atoms. The minimum absolute atomic E-state index is 0.0626. The molecule has 2 aliphatic carbocycles. The van der Waals surface area contributed by atoms with Gasteiger partial charge in [-0.2, -0.15) is 0 Å². The van der Waals surface area contributed by atoms with Crippen LogP contribution < -0.4 is 4.74 Å². The van der Waals surface area contributed by atoms with Crippen LogP contribution in [0.1, 0.15) is 6.42 Å². The van der Waals surface area contributed by atoms with Crippen LogP contribution in [-0.2, 0) is 24.4 Å². The van der Waals surface area contributed by atoms with Crippen LogP contribution in [0.2, 0.25) is 0 Å². The topological polar surface area (TPSA) is 130 Å². The Morgan fingerprint density at radius 2 is 1.92 bits per heavy atom. The fourth-order valence-corrected chi connectivity index (χ4v) is 4.67. The van der Waals surface area contributed by atoms with E-state index in [0.717, 1.165) is 12.1 Å². The smallest absolute Gasteiger partial charge is 0.315 e. The summed E-state index contributed by atoms with van der Waals surface area (Å²) in [4.78, 5) is 23.9. The van der Waals surface area contributed by atoms with Crippen LogP contribution in [0.3, 0.4) is 0 Å².